The number of aromatic nitrogens is 1. The highest BCUT2D eigenvalue weighted by Gasteiger charge is 2.17. The van der Waals surface area contributed by atoms with Crippen molar-refractivity contribution in [1.29, 1.82) is 0 Å². The van der Waals surface area contributed by atoms with Crippen molar-refractivity contribution < 1.29 is 9.53 Å². The first-order valence-corrected chi connectivity index (χ1v) is 5.93. The van der Waals surface area contributed by atoms with E-state index in [1.54, 1.807) is 6.92 Å². The lowest BCUT2D eigenvalue weighted by molar-refractivity contribution is 0.0519. The third-order valence-electron chi connectivity index (χ3n) is 1.94. The number of thiazole rings is 1. The van der Waals surface area contributed by atoms with E-state index in [-0.39, 0.29) is 5.97 Å². The Kier molecular flexibility index (Phi) is 4.55. The number of unbranched alkanes of at least 4 members (excludes halogenated alkanes) is 1. The summed E-state index contributed by atoms with van der Waals surface area (Å²) < 4.78 is 4.91. The van der Waals surface area contributed by atoms with E-state index in [9.17, 15) is 4.79 Å². The maximum absolute atomic E-state index is 11.5. The number of nitrogens with two attached hydrogens (primary N) is 1. The monoisotopic (exact) mass is 228 g/mol. The summed E-state index contributed by atoms with van der Waals surface area (Å²) in [6.45, 7) is 4.25. The van der Waals surface area contributed by atoms with Crippen molar-refractivity contribution in [1.82, 2.24) is 4.98 Å². The molecule has 1 aromatic heterocycles. The Morgan fingerprint density at radius 1 is 1.53 bits per heavy atom. The van der Waals surface area contributed by atoms with Crippen LogP contribution in [0.2, 0.25) is 0 Å². The lowest BCUT2D eigenvalue weighted by Gasteiger charge is -2.00. The second-order valence-corrected chi connectivity index (χ2v) is 4.26. The average molecular weight is 228 g/mol. The van der Waals surface area contributed by atoms with E-state index < -0.39 is 0 Å². The Morgan fingerprint density at radius 2 is 2.27 bits per heavy atom. The molecule has 1 heterocycles. The Bertz CT molecular complexity index is 336. The van der Waals surface area contributed by atoms with Crippen LogP contribution >= 0.6 is 11.3 Å². The Balaban J connectivity index is 2.80. The molecule has 2 N–H and O–H groups in total. The molecule has 0 saturated heterocycles. The zero-order chi connectivity index (χ0) is 11.3. The Hall–Kier alpha value is -1.10. The van der Waals surface area contributed by atoms with E-state index >= 15 is 0 Å². The van der Waals surface area contributed by atoms with Crippen LogP contribution in [0.4, 0.5) is 5.13 Å². The number of aryl methyl sites for hydroxylation is 1. The SMILES string of the molecule is CCCCc1sc(N)nc1C(=O)OCC. The molecule has 1 aromatic rings. The summed E-state index contributed by atoms with van der Waals surface area (Å²) in [5.74, 6) is -0.364. The van der Waals surface area contributed by atoms with E-state index in [1.165, 1.54) is 11.3 Å². The first-order chi connectivity index (χ1) is 7.19. The van der Waals surface area contributed by atoms with Crippen LogP contribution in [0.15, 0.2) is 0 Å². The number of esters is 1. The van der Waals surface area contributed by atoms with E-state index in [0.29, 0.717) is 17.4 Å². The summed E-state index contributed by atoms with van der Waals surface area (Å²) in [6, 6.07) is 0. The second kappa shape index (κ2) is 5.70. The summed E-state index contributed by atoms with van der Waals surface area (Å²) in [7, 11) is 0. The van der Waals surface area contributed by atoms with Crippen LogP contribution in [0.1, 0.15) is 42.1 Å². The minimum Gasteiger partial charge on any atom is -0.461 e. The molecule has 0 aliphatic rings. The zero-order valence-corrected chi connectivity index (χ0v) is 9.89. The number of nitrogen functional groups attached to an aromatic ring is 1. The molecule has 1 rings (SSSR count). The number of rotatable bonds is 5. The number of nitrogens with zero attached hydrogens (tertiary/aromatic N) is 1. The Labute approximate surface area is 93.5 Å². The quantitative estimate of drug-likeness (QED) is 0.785. The number of anilines is 1. The number of carbonyl (C=O) groups excluding carboxylic acids is 1. The van der Waals surface area contributed by atoms with Gasteiger partial charge in [-0.25, -0.2) is 9.78 Å². The van der Waals surface area contributed by atoms with Gasteiger partial charge in [0.2, 0.25) is 0 Å². The number of hydrogen-bond donors (Lipinski definition) is 1. The fraction of sp³-hybridized carbons (Fsp3) is 0.600. The van der Waals surface area contributed by atoms with Crippen molar-refractivity contribution in [3.63, 3.8) is 0 Å². The normalized spacial score (nSPS) is 10.3. The average Bonchev–Trinajstić information content (AvgIpc) is 2.57. The van der Waals surface area contributed by atoms with Crippen LogP contribution in [0, 0.1) is 0 Å². The van der Waals surface area contributed by atoms with Gasteiger partial charge < -0.3 is 10.5 Å². The molecule has 0 aromatic carbocycles. The smallest absolute Gasteiger partial charge is 0.358 e. The van der Waals surface area contributed by atoms with Crippen LogP contribution < -0.4 is 5.73 Å². The van der Waals surface area contributed by atoms with Gasteiger partial charge in [0.15, 0.2) is 10.8 Å². The topological polar surface area (TPSA) is 65.2 Å². The van der Waals surface area contributed by atoms with E-state index in [0.717, 1.165) is 24.1 Å². The van der Waals surface area contributed by atoms with E-state index in [4.69, 9.17) is 10.5 Å². The van der Waals surface area contributed by atoms with Gasteiger partial charge in [-0.2, -0.15) is 0 Å². The molecule has 0 saturated carbocycles. The molecule has 0 unspecified atom stereocenters. The fourth-order valence-electron chi connectivity index (χ4n) is 1.24. The maximum atomic E-state index is 11.5. The number of ether oxygens (including phenoxy) is 1. The summed E-state index contributed by atoms with van der Waals surface area (Å²) in [5.41, 5.74) is 5.98. The molecule has 84 valence electrons. The largest absolute Gasteiger partial charge is 0.461 e. The predicted molar refractivity (Wildman–Crippen MR) is 61.1 cm³/mol. The first kappa shape index (κ1) is 12.0. The van der Waals surface area contributed by atoms with Gasteiger partial charge in [0, 0.05) is 4.88 Å². The lowest BCUT2D eigenvalue weighted by Crippen LogP contribution is -2.07. The molecule has 0 fully saturated rings. The standard InChI is InChI=1S/C10H16N2O2S/c1-3-5-6-7-8(9(13)14-4-2)12-10(11)15-7/h3-6H2,1-2H3,(H2,11,12). The molecule has 0 atom stereocenters. The molecule has 0 aliphatic heterocycles. The third kappa shape index (κ3) is 3.20. The van der Waals surface area contributed by atoms with Crippen LogP contribution in [0.3, 0.4) is 0 Å². The van der Waals surface area contributed by atoms with Crippen LogP contribution in [-0.2, 0) is 11.2 Å². The highest BCUT2D eigenvalue weighted by Crippen LogP contribution is 2.23. The van der Waals surface area contributed by atoms with Crippen molar-refractivity contribution in [3.8, 4) is 0 Å². The molecule has 0 radical (unpaired) electrons. The molecular formula is C10H16N2O2S. The molecule has 4 nitrogen and oxygen atoms in total. The molecular weight excluding hydrogens is 212 g/mol. The van der Waals surface area contributed by atoms with Crippen molar-refractivity contribution in [3.05, 3.63) is 10.6 Å². The van der Waals surface area contributed by atoms with Crippen LogP contribution in [0.25, 0.3) is 0 Å². The molecule has 0 amide bonds. The lowest BCUT2D eigenvalue weighted by atomic mass is 10.2. The van der Waals surface area contributed by atoms with Gasteiger partial charge in [0.1, 0.15) is 0 Å². The van der Waals surface area contributed by atoms with Crippen molar-refractivity contribution >= 4 is 22.4 Å². The highest BCUT2D eigenvalue weighted by molar-refractivity contribution is 7.15. The zero-order valence-electron chi connectivity index (χ0n) is 9.08. The van der Waals surface area contributed by atoms with Gasteiger partial charge in [0.25, 0.3) is 0 Å². The summed E-state index contributed by atoms with van der Waals surface area (Å²) >= 11 is 1.37. The second-order valence-electron chi connectivity index (χ2n) is 3.15. The minimum absolute atomic E-state index is 0.364. The minimum atomic E-state index is -0.364. The molecule has 0 aliphatic carbocycles. The Morgan fingerprint density at radius 3 is 2.87 bits per heavy atom. The van der Waals surface area contributed by atoms with E-state index in [1.807, 2.05) is 0 Å². The molecule has 0 bridgehead atoms. The summed E-state index contributed by atoms with van der Waals surface area (Å²) in [6.07, 6.45) is 2.97. The molecule has 5 heteroatoms. The van der Waals surface area contributed by atoms with Gasteiger partial charge in [0.05, 0.1) is 6.61 Å². The maximum Gasteiger partial charge on any atom is 0.358 e. The fourth-order valence-corrected chi connectivity index (χ4v) is 2.10. The summed E-state index contributed by atoms with van der Waals surface area (Å²) in [4.78, 5) is 16.4. The van der Waals surface area contributed by atoms with Crippen molar-refractivity contribution in [2.75, 3.05) is 12.3 Å². The number of hydrogen-bond acceptors (Lipinski definition) is 5. The third-order valence-corrected chi connectivity index (χ3v) is 2.88. The van der Waals surface area contributed by atoms with Crippen LogP contribution in [0.5, 0.6) is 0 Å². The predicted octanol–water partition coefficient (Wildman–Crippen LogP) is 2.24. The molecule has 0 spiro atoms. The van der Waals surface area contributed by atoms with Gasteiger partial charge in [-0.15, -0.1) is 11.3 Å². The van der Waals surface area contributed by atoms with Gasteiger partial charge in [-0.3, -0.25) is 0 Å². The highest BCUT2D eigenvalue weighted by atomic mass is 32.1. The summed E-state index contributed by atoms with van der Waals surface area (Å²) in [5, 5.41) is 0.434. The van der Waals surface area contributed by atoms with Crippen LogP contribution in [-0.4, -0.2) is 17.6 Å². The van der Waals surface area contributed by atoms with Gasteiger partial charge in [-0.05, 0) is 19.8 Å². The van der Waals surface area contributed by atoms with E-state index in [2.05, 4.69) is 11.9 Å². The van der Waals surface area contributed by atoms with Crippen molar-refractivity contribution in [2.24, 2.45) is 0 Å². The molecule has 15 heavy (non-hydrogen) atoms. The first-order valence-electron chi connectivity index (χ1n) is 5.11. The van der Waals surface area contributed by atoms with Gasteiger partial charge in [-0.1, -0.05) is 13.3 Å². The van der Waals surface area contributed by atoms with Crippen molar-refractivity contribution in [2.45, 2.75) is 33.1 Å². The van der Waals surface area contributed by atoms with Gasteiger partial charge >= 0.3 is 5.97 Å². The number of carbonyl (C=O) groups is 1.